The Kier molecular flexibility index (Phi) is 6.89. The van der Waals surface area contributed by atoms with E-state index in [-0.39, 0.29) is 13.0 Å². The molecule has 0 radical (unpaired) electrons. The highest BCUT2D eigenvalue weighted by Gasteiger charge is 2.29. The summed E-state index contributed by atoms with van der Waals surface area (Å²) in [7, 11) is 0. The lowest BCUT2D eigenvalue weighted by atomic mass is 10.1. The third kappa shape index (κ3) is 8.46. The number of hydrogen-bond donors (Lipinski definition) is 1. The second-order valence-corrected chi connectivity index (χ2v) is 7.60. The standard InChI is InChI=1S/C16H27FN4O4/c1-15(2,3)24-13(22)12(18-14(23)25-16(4,5)6)9-11-10-21(8-7-17)20-19-11/h10,12H,7-9H2,1-6H3,(H,18,23). The molecule has 1 amide bonds. The molecule has 0 aromatic carbocycles. The molecule has 0 spiro atoms. The fraction of sp³-hybridized carbons (Fsp3) is 0.750. The maximum atomic E-state index is 12.4. The molecule has 0 aliphatic carbocycles. The van der Waals surface area contributed by atoms with Gasteiger partial charge in [0.1, 0.15) is 23.9 Å². The van der Waals surface area contributed by atoms with E-state index in [1.807, 2.05) is 0 Å². The van der Waals surface area contributed by atoms with E-state index >= 15 is 0 Å². The van der Waals surface area contributed by atoms with Crippen LogP contribution >= 0.6 is 0 Å². The second kappa shape index (κ2) is 8.26. The molecule has 0 aliphatic heterocycles. The molecule has 1 heterocycles. The molecule has 1 rings (SSSR count). The zero-order chi connectivity index (χ0) is 19.3. The SMILES string of the molecule is CC(C)(C)OC(=O)NC(Cc1cn(CCF)nn1)C(=O)OC(C)(C)C. The molecule has 0 bridgehead atoms. The largest absolute Gasteiger partial charge is 0.458 e. The smallest absolute Gasteiger partial charge is 0.408 e. The lowest BCUT2D eigenvalue weighted by Crippen LogP contribution is -2.47. The van der Waals surface area contributed by atoms with Crippen molar-refractivity contribution in [2.24, 2.45) is 0 Å². The number of hydrogen-bond acceptors (Lipinski definition) is 6. The summed E-state index contributed by atoms with van der Waals surface area (Å²) < 4.78 is 24.2. The van der Waals surface area contributed by atoms with Gasteiger partial charge in [0.2, 0.25) is 0 Å². The highest BCUT2D eigenvalue weighted by Crippen LogP contribution is 2.12. The maximum Gasteiger partial charge on any atom is 0.408 e. The number of aromatic nitrogens is 3. The molecule has 1 atom stereocenters. The van der Waals surface area contributed by atoms with Crippen LogP contribution in [0.3, 0.4) is 0 Å². The number of nitrogens with one attached hydrogen (secondary N) is 1. The van der Waals surface area contributed by atoms with Gasteiger partial charge in [-0.05, 0) is 41.5 Å². The Morgan fingerprint density at radius 2 is 1.80 bits per heavy atom. The summed E-state index contributed by atoms with van der Waals surface area (Å²) in [6.45, 7) is 9.85. The van der Waals surface area contributed by atoms with E-state index in [4.69, 9.17) is 9.47 Å². The van der Waals surface area contributed by atoms with Crippen molar-refractivity contribution in [3.8, 4) is 0 Å². The van der Waals surface area contributed by atoms with Crippen molar-refractivity contribution < 1.29 is 23.5 Å². The Hall–Kier alpha value is -2.19. The monoisotopic (exact) mass is 358 g/mol. The molecule has 0 fully saturated rings. The second-order valence-electron chi connectivity index (χ2n) is 7.60. The van der Waals surface area contributed by atoms with Crippen LogP contribution in [0.2, 0.25) is 0 Å². The van der Waals surface area contributed by atoms with Gasteiger partial charge in [-0.2, -0.15) is 0 Å². The zero-order valence-corrected chi connectivity index (χ0v) is 15.6. The van der Waals surface area contributed by atoms with Gasteiger partial charge in [0.15, 0.2) is 0 Å². The minimum absolute atomic E-state index is 0.0560. The van der Waals surface area contributed by atoms with Crippen molar-refractivity contribution in [1.82, 2.24) is 20.3 Å². The van der Waals surface area contributed by atoms with E-state index in [1.165, 1.54) is 10.9 Å². The Morgan fingerprint density at radius 3 is 2.32 bits per heavy atom. The first kappa shape index (κ1) is 20.9. The van der Waals surface area contributed by atoms with Crippen LogP contribution in [0, 0.1) is 0 Å². The third-order valence-electron chi connectivity index (χ3n) is 2.70. The van der Waals surface area contributed by atoms with E-state index in [0.29, 0.717) is 5.69 Å². The predicted molar refractivity (Wildman–Crippen MR) is 88.7 cm³/mol. The van der Waals surface area contributed by atoms with Gasteiger partial charge in [0.05, 0.1) is 12.2 Å². The van der Waals surface area contributed by atoms with Crippen LogP contribution in [-0.2, 0) is 27.2 Å². The van der Waals surface area contributed by atoms with E-state index in [9.17, 15) is 14.0 Å². The number of esters is 1. The Balaban J connectivity index is 2.86. The lowest BCUT2D eigenvalue weighted by Gasteiger charge is -2.25. The maximum absolute atomic E-state index is 12.4. The number of halogens is 1. The molecule has 1 aromatic heterocycles. The van der Waals surface area contributed by atoms with Crippen LogP contribution in [0.1, 0.15) is 47.2 Å². The van der Waals surface area contributed by atoms with Crippen LogP contribution in [0.15, 0.2) is 6.20 Å². The fourth-order valence-electron chi connectivity index (χ4n) is 1.85. The number of carbonyl (C=O) groups is 2. The van der Waals surface area contributed by atoms with Gasteiger partial charge in [-0.25, -0.2) is 18.7 Å². The highest BCUT2D eigenvalue weighted by atomic mass is 19.1. The van der Waals surface area contributed by atoms with Gasteiger partial charge in [-0.15, -0.1) is 5.10 Å². The predicted octanol–water partition coefficient (Wildman–Crippen LogP) is 2.03. The Morgan fingerprint density at radius 1 is 1.20 bits per heavy atom. The average Bonchev–Trinajstić information content (AvgIpc) is 2.81. The Bertz CT molecular complexity index is 590. The summed E-state index contributed by atoms with van der Waals surface area (Å²) in [5, 5.41) is 10.1. The zero-order valence-electron chi connectivity index (χ0n) is 15.6. The number of ether oxygens (including phenoxy) is 2. The molecule has 0 saturated carbocycles. The van der Waals surface area contributed by atoms with Crippen molar-refractivity contribution in [3.05, 3.63) is 11.9 Å². The van der Waals surface area contributed by atoms with E-state index in [1.54, 1.807) is 41.5 Å². The summed E-state index contributed by atoms with van der Waals surface area (Å²) >= 11 is 0. The summed E-state index contributed by atoms with van der Waals surface area (Å²) in [4.78, 5) is 24.4. The molecule has 25 heavy (non-hydrogen) atoms. The lowest BCUT2D eigenvalue weighted by molar-refractivity contribution is -0.157. The number of nitrogens with zero attached hydrogens (tertiary/aromatic N) is 3. The van der Waals surface area contributed by atoms with Crippen LogP contribution in [0.4, 0.5) is 9.18 Å². The van der Waals surface area contributed by atoms with Gasteiger partial charge in [-0.1, -0.05) is 5.21 Å². The van der Waals surface area contributed by atoms with Gasteiger partial charge in [0.25, 0.3) is 0 Å². The van der Waals surface area contributed by atoms with Crippen LogP contribution in [-0.4, -0.2) is 51.0 Å². The number of aryl methyl sites for hydroxylation is 1. The number of carbonyl (C=O) groups excluding carboxylic acids is 2. The summed E-state index contributed by atoms with van der Waals surface area (Å²) in [5.41, 5.74) is -0.982. The van der Waals surface area contributed by atoms with Gasteiger partial charge >= 0.3 is 12.1 Å². The molecule has 0 aliphatic rings. The first-order valence-electron chi connectivity index (χ1n) is 8.07. The third-order valence-corrected chi connectivity index (χ3v) is 2.70. The minimum Gasteiger partial charge on any atom is -0.458 e. The first-order valence-corrected chi connectivity index (χ1v) is 8.07. The first-order chi connectivity index (χ1) is 11.4. The number of alkyl carbamates (subject to hydrolysis) is 1. The fourth-order valence-corrected chi connectivity index (χ4v) is 1.85. The van der Waals surface area contributed by atoms with Gasteiger partial charge in [-0.3, -0.25) is 0 Å². The van der Waals surface area contributed by atoms with E-state index in [2.05, 4.69) is 15.6 Å². The quantitative estimate of drug-likeness (QED) is 0.782. The molecule has 1 aromatic rings. The molecule has 1 N–H and O–H groups in total. The molecular formula is C16H27FN4O4. The molecular weight excluding hydrogens is 331 g/mol. The highest BCUT2D eigenvalue weighted by molar-refractivity contribution is 5.82. The number of alkyl halides is 1. The molecule has 8 nitrogen and oxygen atoms in total. The molecule has 0 saturated heterocycles. The van der Waals surface area contributed by atoms with Crippen molar-refractivity contribution in [2.45, 2.75) is 71.8 Å². The minimum atomic E-state index is -0.996. The molecule has 142 valence electrons. The topological polar surface area (TPSA) is 95.3 Å². The van der Waals surface area contributed by atoms with E-state index in [0.717, 1.165) is 0 Å². The van der Waals surface area contributed by atoms with Crippen molar-refractivity contribution >= 4 is 12.1 Å². The van der Waals surface area contributed by atoms with Crippen molar-refractivity contribution in [2.75, 3.05) is 6.67 Å². The average molecular weight is 358 g/mol. The van der Waals surface area contributed by atoms with Crippen LogP contribution in [0.25, 0.3) is 0 Å². The summed E-state index contributed by atoms with van der Waals surface area (Å²) in [5.74, 6) is -0.613. The van der Waals surface area contributed by atoms with Crippen molar-refractivity contribution in [1.29, 1.82) is 0 Å². The summed E-state index contributed by atoms with van der Waals surface area (Å²) in [6.07, 6.45) is 0.841. The number of amides is 1. The van der Waals surface area contributed by atoms with Crippen molar-refractivity contribution in [3.63, 3.8) is 0 Å². The van der Waals surface area contributed by atoms with E-state index < -0.39 is 36.0 Å². The molecule has 1 unspecified atom stereocenters. The van der Waals surface area contributed by atoms with Gasteiger partial charge < -0.3 is 14.8 Å². The molecule has 9 heteroatoms. The van der Waals surface area contributed by atoms with Crippen LogP contribution in [0.5, 0.6) is 0 Å². The Labute approximate surface area is 147 Å². The number of rotatable bonds is 6. The van der Waals surface area contributed by atoms with Crippen LogP contribution < -0.4 is 5.32 Å². The normalized spacial score (nSPS) is 13.2. The van der Waals surface area contributed by atoms with Gasteiger partial charge in [0, 0.05) is 12.6 Å². The summed E-state index contributed by atoms with van der Waals surface area (Å²) in [6, 6.07) is -0.996.